The molecular formula is C10H17NO2S. The van der Waals surface area contributed by atoms with Crippen LogP contribution < -0.4 is 0 Å². The summed E-state index contributed by atoms with van der Waals surface area (Å²) < 4.78 is 24.6. The number of hydrogen-bond donors (Lipinski definition) is 0. The lowest BCUT2D eigenvalue weighted by Crippen LogP contribution is -2.15. The summed E-state index contributed by atoms with van der Waals surface area (Å²) in [6.07, 6.45) is 0. The van der Waals surface area contributed by atoms with E-state index in [2.05, 4.69) is 0 Å². The van der Waals surface area contributed by atoms with Crippen LogP contribution in [-0.2, 0) is 16.4 Å². The molecule has 0 atom stereocenters. The largest absolute Gasteiger partial charge is 0.348 e. The van der Waals surface area contributed by atoms with Crippen molar-refractivity contribution in [2.24, 2.45) is 0 Å². The van der Waals surface area contributed by atoms with Crippen molar-refractivity contribution >= 4 is 9.84 Å². The topological polar surface area (TPSA) is 39.1 Å². The molecule has 0 saturated carbocycles. The molecule has 0 aromatic carbocycles. The van der Waals surface area contributed by atoms with Gasteiger partial charge in [-0.1, -0.05) is 6.92 Å². The van der Waals surface area contributed by atoms with E-state index in [1.54, 1.807) is 6.92 Å². The Hall–Kier alpha value is -0.770. The molecular weight excluding hydrogens is 198 g/mol. The summed E-state index contributed by atoms with van der Waals surface area (Å²) >= 11 is 0. The lowest BCUT2D eigenvalue weighted by molar-refractivity contribution is 0.588. The normalized spacial score (nSPS) is 11.9. The van der Waals surface area contributed by atoms with Gasteiger partial charge in [0.25, 0.3) is 0 Å². The highest BCUT2D eigenvalue weighted by Gasteiger charge is 2.09. The van der Waals surface area contributed by atoms with Crippen molar-refractivity contribution in [3.05, 3.63) is 23.5 Å². The van der Waals surface area contributed by atoms with Crippen LogP contribution in [0.25, 0.3) is 0 Å². The average molecular weight is 215 g/mol. The summed E-state index contributed by atoms with van der Waals surface area (Å²) in [5.74, 6) is 0.465. The maximum atomic E-state index is 11.3. The zero-order valence-corrected chi connectivity index (χ0v) is 9.76. The fourth-order valence-corrected chi connectivity index (χ4v) is 2.18. The second-order valence-electron chi connectivity index (χ2n) is 3.50. The Morgan fingerprint density at radius 3 is 2.14 bits per heavy atom. The quantitative estimate of drug-likeness (QED) is 0.764. The van der Waals surface area contributed by atoms with Crippen LogP contribution in [-0.4, -0.2) is 24.5 Å². The van der Waals surface area contributed by atoms with Gasteiger partial charge in [0.05, 0.1) is 5.75 Å². The van der Waals surface area contributed by atoms with Crippen LogP contribution in [0, 0.1) is 13.8 Å². The zero-order chi connectivity index (χ0) is 10.8. The van der Waals surface area contributed by atoms with Crippen molar-refractivity contribution < 1.29 is 8.42 Å². The fraction of sp³-hybridized carbons (Fsp3) is 0.600. The van der Waals surface area contributed by atoms with E-state index in [4.69, 9.17) is 0 Å². The first-order valence-corrected chi connectivity index (χ1v) is 6.61. The van der Waals surface area contributed by atoms with Crippen LogP contribution in [0.1, 0.15) is 18.3 Å². The first-order valence-electron chi connectivity index (χ1n) is 4.79. The Labute approximate surface area is 85.7 Å². The average Bonchev–Trinajstić information content (AvgIpc) is 2.44. The molecule has 0 spiro atoms. The summed E-state index contributed by atoms with van der Waals surface area (Å²) in [6, 6.07) is 4.02. The fourth-order valence-electron chi connectivity index (χ4n) is 1.43. The van der Waals surface area contributed by atoms with E-state index in [1.165, 1.54) is 0 Å². The molecule has 0 N–H and O–H groups in total. The van der Waals surface area contributed by atoms with Gasteiger partial charge >= 0.3 is 0 Å². The lowest BCUT2D eigenvalue weighted by atomic mass is 10.5. The molecule has 3 nitrogen and oxygen atoms in total. The first kappa shape index (κ1) is 11.3. The highest BCUT2D eigenvalue weighted by atomic mass is 32.2. The maximum Gasteiger partial charge on any atom is 0.151 e. The number of hydrogen-bond acceptors (Lipinski definition) is 2. The minimum absolute atomic E-state index is 0.229. The summed E-state index contributed by atoms with van der Waals surface area (Å²) in [5, 5.41) is 0. The molecule has 0 unspecified atom stereocenters. The summed E-state index contributed by atoms with van der Waals surface area (Å²) in [6.45, 7) is 6.24. The van der Waals surface area contributed by atoms with Crippen LogP contribution in [0.2, 0.25) is 0 Å². The van der Waals surface area contributed by atoms with Crippen molar-refractivity contribution in [3.8, 4) is 0 Å². The van der Waals surface area contributed by atoms with Crippen molar-refractivity contribution in [2.45, 2.75) is 27.3 Å². The van der Waals surface area contributed by atoms with Gasteiger partial charge in [0.1, 0.15) is 0 Å². The van der Waals surface area contributed by atoms with Gasteiger partial charge in [0.2, 0.25) is 0 Å². The summed E-state index contributed by atoms with van der Waals surface area (Å²) in [4.78, 5) is 0. The first-order chi connectivity index (χ1) is 6.46. The Balaban J connectivity index is 2.72. The maximum absolute atomic E-state index is 11.3. The van der Waals surface area contributed by atoms with Crippen LogP contribution in [0.15, 0.2) is 12.1 Å². The molecule has 0 radical (unpaired) electrons. The number of aryl methyl sites for hydroxylation is 2. The number of rotatable bonds is 4. The molecule has 1 aromatic rings. The molecule has 0 fully saturated rings. The number of sulfone groups is 1. The monoisotopic (exact) mass is 215 g/mol. The van der Waals surface area contributed by atoms with E-state index in [1.807, 2.05) is 30.5 Å². The Kier molecular flexibility index (Phi) is 3.37. The lowest BCUT2D eigenvalue weighted by Gasteiger charge is -2.08. The molecule has 0 aliphatic heterocycles. The van der Waals surface area contributed by atoms with Crippen molar-refractivity contribution in [1.29, 1.82) is 0 Å². The van der Waals surface area contributed by atoms with Gasteiger partial charge in [-0.3, -0.25) is 0 Å². The van der Waals surface area contributed by atoms with Gasteiger partial charge in [-0.05, 0) is 26.0 Å². The molecule has 0 saturated heterocycles. The third-order valence-electron chi connectivity index (χ3n) is 2.48. The van der Waals surface area contributed by atoms with Crippen molar-refractivity contribution in [3.63, 3.8) is 0 Å². The van der Waals surface area contributed by atoms with E-state index in [0.29, 0.717) is 6.54 Å². The smallest absolute Gasteiger partial charge is 0.151 e. The van der Waals surface area contributed by atoms with E-state index in [9.17, 15) is 8.42 Å². The van der Waals surface area contributed by atoms with Gasteiger partial charge < -0.3 is 4.57 Å². The summed E-state index contributed by atoms with van der Waals surface area (Å²) in [5.41, 5.74) is 2.24. The number of aromatic nitrogens is 1. The minimum Gasteiger partial charge on any atom is -0.348 e. The SMILES string of the molecule is CCS(=O)(=O)CCn1c(C)ccc1C. The van der Waals surface area contributed by atoms with E-state index >= 15 is 0 Å². The van der Waals surface area contributed by atoms with Gasteiger partial charge in [-0.15, -0.1) is 0 Å². The molecule has 1 aromatic heterocycles. The van der Waals surface area contributed by atoms with Crippen molar-refractivity contribution in [1.82, 2.24) is 4.57 Å². The van der Waals surface area contributed by atoms with Crippen LogP contribution in [0.5, 0.6) is 0 Å². The van der Waals surface area contributed by atoms with Gasteiger partial charge in [0.15, 0.2) is 9.84 Å². The third-order valence-corrected chi connectivity index (χ3v) is 4.17. The Morgan fingerprint density at radius 1 is 1.21 bits per heavy atom. The molecule has 0 aliphatic rings. The minimum atomic E-state index is -2.85. The van der Waals surface area contributed by atoms with Crippen LogP contribution in [0.3, 0.4) is 0 Å². The molecule has 80 valence electrons. The van der Waals surface area contributed by atoms with Crippen molar-refractivity contribution in [2.75, 3.05) is 11.5 Å². The second-order valence-corrected chi connectivity index (χ2v) is 5.98. The van der Waals surface area contributed by atoms with E-state index in [-0.39, 0.29) is 11.5 Å². The predicted octanol–water partition coefficient (Wildman–Crippen LogP) is 1.54. The number of nitrogens with zero attached hydrogens (tertiary/aromatic N) is 1. The second kappa shape index (κ2) is 4.17. The molecule has 4 heteroatoms. The van der Waals surface area contributed by atoms with Crippen LogP contribution >= 0.6 is 0 Å². The molecule has 1 rings (SSSR count). The predicted molar refractivity (Wildman–Crippen MR) is 58.2 cm³/mol. The zero-order valence-electron chi connectivity index (χ0n) is 8.95. The molecule has 14 heavy (non-hydrogen) atoms. The molecule has 0 aliphatic carbocycles. The standard InChI is InChI=1S/C10H17NO2S/c1-4-14(12,13)8-7-11-9(2)5-6-10(11)3/h5-6H,4,7-8H2,1-3H3. The highest BCUT2D eigenvalue weighted by molar-refractivity contribution is 7.91. The van der Waals surface area contributed by atoms with Gasteiger partial charge in [-0.25, -0.2) is 8.42 Å². The highest BCUT2D eigenvalue weighted by Crippen LogP contribution is 2.07. The summed E-state index contributed by atoms with van der Waals surface area (Å²) in [7, 11) is -2.85. The molecule has 0 bridgehead atoms. The third kappa shape index (κ3) is 2.61. The van der Waals surface area contributed by atoms with E-state index in [0.717, 1.165) is 11.4 Å². The molecule has 1 heterocycles. The molecule has 0 amide bonds. The van der Waals surface area contributed by atoms with E-state index < -0.39 is 9.84 Å². The Morgan fingerprint density at radius 2 is 1.71 bits per heavy atom. The van der Waals surface area contributed by atoms with Gasteiger partial charge in [0, 0.05) is 23.7 Å². The van der Waals surface area contributed by atoms with Crippen LogP contribution in [0.4, 0.5) is 0 Å². The van der Waals surface area contributed by atoms with Gasteiger partial charge in [-0.2, -0.15) is 0 Å². The Bertz CT molecular complexity index is 384.